The molecule has 106 valence electrons. The van der Waals surface area contributed by atoms with Crippen molar-refractivity contribution < 1.29 is 0 Å². The van der Waals surface area contributed by atoms with Crippen LogP contribution in [-0.4, -0.2) is 21.5 Å². The first-order valence-electron chi connectivity index (χ1n) is 7.21. The van der Waals surface area contributed by atoms with Gasteiger partial charge in [-0.1, -0.05) is 31.2 Å². The predicted molar refractivity (Wildman–Crippen MR) is 83.9 cm³/mol. The molecule has 1 N–H and O–H groups in total. The third-order valence-electron chi connectivity index (χ3n) is 3.48. The molecule has 3 rings (SSSR count). The Morgan fingerprint density at radius 1 is 1.10 bits per heavy atom. The van der Waals surface area contributed by atoms with Crippen LogP contribution in [0.1, 0.15) is 24.4 Å². The van der Waals surface area contributed by atoms with E-state index in [9.17, 15) is 0 Å². The van der Waals surface area contributed by atoms with Crippen molar-refractivity contribution in [2.24, 2.45) is 0 Å². The minimum Gasteiger partial charge on any atom is -0.309 e. The maximum atomic E-state index is 4.74. The lowest BCUT2D eigenvalue weighted by Crippen LogP contribution is -2.24. The van der Waals surface area contributed by atoms with Gasteiger partial charge in [-0.15, -0.1) is 0 Å². The zero-order valence-corrected chi connectivity index (χ0v) is 12.0. The van der Waals surface area contributed by atoms with E-state index in [1.165, 1.54) is 5.39 Å². The molecule has 1 atom stereocenters. The summed E-state index contributed by atoms with van der Waals surface area (Å²) in [6, 6.07) is 14.5. The number of aromatic nitrogens is 3. The maximum absolute atomic E-state index is 4.74. The standard InChI is InChI=1S/C17H18N4/c1-2-19-17(16-9-10-18-12-20-16)11-14-8-7-13-5-3-4-6-15(13)21-14/h3-10,12,17,19H,2,11H2,1H3. The van der Waals surface area contributed by atoms with Crippen molar-refractivity contribution in [3.05, 3.63) is 66.4 Å². The molecule has 0 saturated carbocycles. The molecule has 0 radical (unpaired) electrons. The number of para-hydroxylation sites is 1. The summed E-state index contributed by atoms with van der Waals surface area (Å²) in [4.78, 5) is 13.1. The van der Waals surface area contributed by atoms with Crippen LogP contribution in [-0.2, 0) is 6.42 Å². The summed E-state index contributed by atoms with van der Waals surface area (Å²) in [5.74, 6) is 0. The van der Waals surface area contributed by atoms with Gasteiger partial charge in [0.25, 0.3) is 0 Å². The SMILES string of the molecule is CCNC(Cc1ccc2ccccc2n1)c1ccncn1. The van der Waals surface area contributed by atoms with E-state index in [0.29, 0.717) is 0 Å². The van der Waals surface area contributed by atoms with E-state index < -0.39 is 0 Å². The topological polar surface area (TPSA) is 50.7 Å². The average Bonchev–Trinajstić information content (AvgIpc) is 2.55. The molecule has 2 heterocycles. The lowest BCUT2D eigenvalue weighted by Gasteiger charge is -2.17. The molecule has 4 nitrogen and oxygen atoms in total. The second-order valence-corrected chi connectivity index (χ2v) is 4.94. The number of fused-ring (bicyclic) bond motifs is 1. The molecule has 0 spiro atoms. The molecule has 2 aromatic heterocycles. The van der Waals surface area contributed by atoms with E-state index in [4.69, 9.17) is 4.98 Å². The normalized spacial score (nSPS) is 12.4. The molecule has 1 aromatic carbocycles. The fourth-order valence-corrected chi connectivity index (χ4v) is 2.47. The minimum absolute atomic E-state index is 0.159. The highest BCUT2D eigenvalue weighted by molar-refractivity contribution is 5.78. The van der Waals surface area contributed by atoms with Gasteiger partial charge in [0.15, 0.2) is 0 Å². The van der Waals surface area contributed by atoms with Gasteiger partial charge in [-0.3, -0.25) is 4.98 Å². The van der Waals surface area contributed by atoms with Crippen LogP contribution in [0.5, 0.6) is 0 Å². The van der Waals surface area contributed by atoms with Crippen LogP contribution in [0.4, 0.5) is 0 Å². The van der Waals surface area contributed by atoms with Crippen LogP contribution in [0.2, 0.25) is 0 Å². The molecule has 0 bridgehead atoms. The van der Waals surface area contributed by atoms with Crippen LogP contribution in [0.15, 0.2) is 55.0 Å². The fourth-order valence-electron chi connectivity index (χ4n) is 2.47. The Hall–Kier alpha value is -2.33. The monoisotopic (exact) mass is 278 g/mol. The Morgan fingerprint density at radius 2 is 2.00 bits per heavy atom. The zero-order chi connectivity index (χ0) is 14.5. The molecule has 0 aliphatic rings. The first-order valence-corrected chi connectivity index (χ1v) is 7.21. The van der Waals surface area contributed by atoms with Crippen molar-refractivity contribution in [1.29, 1.82) is 0 Å². The number of benzene rings is 1. The number of nitrogens with one attached hydrogen (secondary N) is 1. The van der Waals surface area contributed by atoms with E-state index in [1.807, 2.05) is 24.3 Å². The third kappa shape index (κ3) is 3.23. The number of rotatable bonds is 5. The van der Waals surface area contributed by atoms with Gasteiger partial charge in [-0.2, -0.15) is 0 Å². The van der Waals surface area contributed by atoms with Crippen molar-refractivity contribution in [3.63, 3.8) is 0 Å². The summed E-state index contributed by atoms with van der Waals surface area (Å²) in [6.45, 7) is 2.99. The number of nitrogens with zero attached hydrogens (tertiary/aromatic N) is 3. The van der Waals surface area contributed by atoms with Crippen molar-refractivity contribution in [2.45, 2.75) is 19.4 Å². The lowest BCUT2D eigenvalue weighted by molar-refractivity contribution is 0.531. The van der Waals surface area contributed by atoms with E-state index in [0.717, 1.165) is 29.9 Å². The van der Waals surface area contributed by atoms with Crippen molar-refractivity contribution in [1.82, 2.24) is 20.3 Å². The smallest absolute Gasteiger partial charge is 0.115 e. The van der Waals surface area contributed by atoms with Gasteiger partial charge in [0, 0.05) is 23.7 Å². The Morgan fingerprint density at radius 3 is 2.81 bits per heavy atom. The highest BCUT2D eigenvalue weighted by Gasteiger charge is 2.13. The zero-order valence-electron chi connectivity index (χ0n) is 12.0. The predicted octanol–water partition coefficient (Wildman–Crippen LogP) is 2.92. The Bertz CT molecular complexity index is 712. The first kappa shape index (κ1) is 13.6. The number of likely N-dealkylation sites (N-methyl/N-ethyl adjacent to an activating group) is 1. The van der Waals surface area contributed by atoms with E-state index in [1.54, 1.807) is 12.5 Å². The van der Waals surface area contributed by atoms with E-state index >= 15 is 0 Å². The van der Waals surface area contributed by atoms with Crippen LogP contribution >= 0.6 is 0 Å². The summed E-state index contributed by atoms with van der Waals surface area (Å²) >= 11 is 0. The van der Waals surface area contributed by atoms with Crippen LogP contribution in [0.25, 0.3) is 10.9 Å². The first-order chi connectivity index (χ1) is 10.4. The highest BCUT2D eigenvalue weighted by Crippen LogP contribution is 2.18. The second kappa shape index (κ2) is 6.41. The van der Waals surface area contributed by atoms with Gasteiger partial charge in [0.2, 0.25) is 0 Å². The van der Waals surface area contributed by atoms with Crippen molar-refractivity contribution in [2.75, 3.05) is 6.54 Å². The van der Waals surface area contributed by atoms with Crippen molar-refractivity contribution in [3.8, 4) is 0 Å². The Kier molecular flexibility index (Phi) is 4.17. The van der Waals surface area contributed by atoms with E-state index in [2.05, 4.69) is 40.4 Å². The Labute approximate surface area is 124 Å². The minimum atomic E-state index is 0.159. The number of hydrogen-bond donors (Lipinski definition) is 1. The second-order valence-electron chi connectivity index (χ2n) is 4.94. The molecular formula is C17H18N4. The van der Waals surface area contributed by atoms with Gasteiger partial charge in [0.1, 0.15) is 6.33 Å². The van der Waals surface area contributed by atoms with Gasteiger partial charge in [0.05, 0.1) is 17.3 Å². The molecule has 0 amide bonds. The summed E-state index contributed by atoms with van der Waals surface area (Å²) in [5, 5.41) is 4.63. The van der Waals surface area contributed by atoms with Crippen LogP contribution in [0, 0.1) is 0 Å². The molecule has 21 heavy (non-hydrogen) atoms. The van der Waals surface area contributed by atoms with Gasteiger partial charge >= 0.3 is 0 Å². The largest absolute Gasteiger partial charge is 0.309 e. The van der Waals surface area contributed by atoms with Gasteiger partial charge in [-0.25, -0.2) is 9.97 Å². The molecule has 0 saturated heterocycles. The molecule has 0 fully saturated rings. The summed E-state index contributed by atoms with van der Waals surface area (Å²) in [7, 11) is 0. The molecule has 3 aromatic rings. The summed E-state index contributed by atoms with van der Waals surface area (Å²) in [6.07, 6.45) is 4.18. The highest BCUT2D eigenvalue weighted by atomic mass is 14.9. The lowest BCUT2D eigenvalue weighted by atomic mass is 10.1. The third-order valence-corrected chi connectivity index (χ3v) is 3.48. The fraction of sp³-hybridized carbons (Fsp3) is 0.235. The molecule has 0 aliphatic heterocycles. The number of hydrogen-bond acceptors (Lipinski definition) is 4. The van der Waals surface area contributed by atoms with Gasteiger partial charge in [-0.05, 0) is 24.7 Å². The molecule has 1 unspecified atom stereocenters. The molecule has 0 aliphatic carbocycles. The quantitative estimate of drug-likeness (QED) is 0.779. The average molecular weight is 278 g/mol. The number of pyridine rings is 1. The maximum Gasteiger partial charge on any atom is 0.115 e. The van der Waals surface area contributed by atoms with E-state index in [-0.39, 0.29) is 6.04 Å². The summed E-state index contributed by atoms with van der Waals surface area (Å²) < 4.78 is 0. The Balaban J connectivity index is 1.87. The van der Waals surface area contributed by atoms with Gasteiger partial charge < -0.3 is 5.32 Å². The van der Waals surface area contributed by atoms with Crippen LogP contribution < -0.4 is 5.32 Å². The molecular weight excluding hydrogens is 260 g/mol. The van der Waals surface area contributed by atoms with Crippen LogP contribution in [0.3, 0.4) is 0 Å². The molecule has 4 heteroatoms. The van der Waals surface area contributed by atoms with Crippen molar-refractivity contribution >= 4 is 10.9 Å². The summed E-state index contributed by atoms with van der Waals surface area (Å²) in [5.41, 5.74) is 3.10.